The molecule has 188 valence electrons. The van der Waals surface area contributed by atoms with Crippen molar-refractivity contribution >= 4 is 17.6 Å². The number of carbonyl (C=O) groups is 2. The summed E-state index contributed by atoms with van der Waals surface area (Å²) in [5.74, 6) is -0.486. The molecule has 0 bridgehead atoms. The van der Waals surface area contributed by atoms with E-state index in [0.717, 1.165) is 50.2 Å². The van der Waals surface area contributed by atoms with E-state index in [9.17, 15) is 19.7 Å². The molecule has 0 saturated heterocycles. The molecule has 3 aromatic carbocycles. The van der Waals surface area contributed by atoms with Gasteiger partial charge >= 0.3 is 5.97 Å². The molecule has 3 aromatic rings. The number of carbonyl (C=O) groups excluding carboxylic acids is 2. The van der Waals surface area contributed by atoms with Gasteiger partial charge in [-0.05, 0) is 67.5 Å². The van der Waals surface area contributed by atoms with Gasteiger partial charge in [-0.2, -0.15) is 0 Å². The van der Waals surface area contributed by atoms with Gasteiger partial charge in [-0.25, -0.2) is 4.79 Å². The lowest BCUT2D eigenvalue weighted by atomic mass is 10.1. The molecule has 0 aliphatic heterocycles. The van der Waals surface area contributed by atoms with Gasteiger partial charge in [0.05, 0.1) is 18.6 Å². The smallest absolute Gasteiger partial charge is 0.344 e. The van der Waals surface area contributed by atoms with E-state index in [-0.39, 0.29) is 11.1 Å². The highest BCUT2D eigenvalue weighted by atomic mass is 16.6. The summed E-state index contributed by atoms with van der Waals surface area (Å²) in [4.78, 5) is 34.7. The molecule has 0 aliphatic rings. The van der Waals surface area contributed by atoms with Gasteiger partial charge in [-0.15, -0.1) is 0 Å². The lowest BCUT2D eigenvalue weighted by Crippen LogP contribution is -2.26. The zero-order chi connectivity index (χ0) is 25.8. The predicted octanol–water partition coefficient (Wildman–Crippen LogP) is 5.15. The third-order valence-electron chi connectivity index (χ3n) is 5.70. The summed E-state index contributed by atoms with van der Waals surface area (Å²) in [6.45, 7) is 1.04. The average molecular weight is 491 g/mol. The fraction of sp³-hybridized carbons (Fsp3) is 0.286. The molecule has 1 N–H and O–H groups in total. The number of methoxy groups -OCH3 is 1. The van der Waals surface area contributed by atoms with E-state index in [4.69, 9.17) is 4.74 Å². The molecule has 0 unspecified atom stereocenters. The van der Waals surface area contributed by atoms with E-state index in [1.807, 2.05) is 30.3 Å². The first-order valence-electron chi connectivity index (χ1n) is 11.9. The van der Waals surface area contributed by atoms with Gasteiger partial charge in [0, 0.05) is 18.2 Å². The number of nitrogens with one attached hydrogen (secondary N) is 1. The van der Waals surface area contributed by atoms with Crippen LogP contribution in [0.15, 0.2) is 72.8 Å². The van der Waals surface area contributed by atoms with Gasteiger partial charge in [-0.1, -0.05) is 42.5 Å². The molecule has 0 spiro atoms. The number of benzene rings is 3. The lowest BCUT2D eigenvalue weighted by Gasteiger charge is -2.09. The zero-order valence-corrected chi connectivity index (χ0v) is 20.3. The molecular weight excluding hydrogens is 460 g/mol. The summed E-state index contributed by atoms with van der Waals surface area (Å²) in [7, 11) is 1.13. The van der Waals surface area contributed by atoms with Crippen LogP contribution >= 0.6 is 0 Å². The van der Waals surface area contributed by atoms with Gasteiger partial charge in [-0.3, -0.25) is 14.9 Å². The molecule has 8 nitrogen and oxygen atoms in total. The van der Waals surface area contributed by atoms with Crippen LogP contribution < -0.4 is 10.1 Å². The maximum atomic E-state index is 12.5. The van der Waals surface area contributed by atoms with Gasteiger partial charge in [0.1, 0.15) is 11.3 Å². The Balaban J connectivity index is 1.38. The largest absolute Gasteiger partial charge is 0.494 e. The van der Waals surface area contributed by atoms with E-state index in [1.165, 1.54) is 17.7 Å². The van der Waals surface area contributed by atoms with Gasteiger partial charge < -0.3 is 14.8 Å². The Morgan fingerprint density at radius 3 is 2.31 bits per heavy atom. The SMILES string of the molecule is COC(=O)c1cc(C(=O)NCCc2ccc(OCCCCCc3ccccc3)cc2)ccc1[N+](=O)[O-]. The van der Waals surface area contributed by atoms with Crippen molar-refractivity contribution in [1.82, 2.24) is 5.32 Å². The normalized spacial score (nSPS) is 10.5. The van der Waals surface area contributed by atoms with Crippen LogP contribution in [0.5, 0.6) is 5.75 Å². The maximum Gasteiger partial charge on any atom is 0.344 e. The van der Waals surface area contributed by atoms with Crippen LogP contribution in [0, 0.1) is 10.1 Å². The van der Waals surface area contributed by atoms with Crippen LogP contribution in [0.4, 0.5) is 5.69 Å². The van der Waals surface area contributed by atoms with E-state index >= 15 is 0 Å². The number of amides is 1. The highest BCUT2D eigenvalue weighted by Gasteiger charge is 2.22. The van der Waals surface area contributed by atoms with Gasteiger partial charge in [0.25, 0.3) is 11.6 Å². The molecular formula is C28H30N2O6. The monoisotopic (exact) mass is 490 g/mol. The number of esters is 1. The van der Waals surface area contributed by atoms with Crippen molar-refractivity contribution in [3.8, 4) is 5.75 Å². The summed E-state index contributed by atoms with van der Waals surface area (Å²) >= 11 is 0. The fourth-order valence-corrected chi connectivity index (χ4v) is 3.73. The Hall–Kier alpha value is -4.20. The van der Waals surface area contributed by atoms with E-state index in [2.05, 4.69) is 34.3 Å². The van der Waals surface area contributed by atoms with Crippen molar-refractivity contribution in [2.24, 2.45) is 0 Å². The molecule has 1 amide bonds. The van der Waals surface area contributed by atoms with Crippen molar-refractivity contribution < 1.29 is 24.0 Å². The van der Waals surface area contributed by atoms with Crippen LogP contribution in [0.3, 0.4) is 0 Å². The number of unbranched alkanes of at least 4 members (excludes halogenated alkanes) is 2. The van der Waals surface area contributed by atoms with Crippen molar-refractivity contribution in [2.75, 3.05) is 20.3 Å². The summed E-state index contributed by atoms with van der Waals surface area (Å²) in [5, 5.41) is 13.9. The molecule has 3 rings (SSSR count). The van der Waals surface area contributed by atoms with Crippen LogP contribution in [0.2, 0.25) is 0 Å². The van der Waals surface area contributed by atoms with Gasteiger partial charge in [0.15, 0.2) is 0 Å². The second kappa shape index (κ2) is 13.6. The number of nitrogens with zero attached hydrogens (tertiary/aromatic N) is 1. The topological polar surface area (TPSA) is 108 Å². The minimum atomic E-state index is -0.870. The van der Waals surface area contributed by atoms with Crippen LogP contribution in [-0.2, 0) is 17.6 Å². The Morgan fingerprint density at radius 2 is 1.61 bits per heavy atom. The Labute approximate surface area is 210 Å². The molecule has 0 fully saturated rings. The number of hydrogen-bond acceptors (Lipinski definition) is 6. The summed E-state index contributed by atoms with van der Waals surface area (Å²) in [6, 6.07) is 21.8. The molecule has 8 heteroatoms. The second-order valence-electron chi connectivity index (χ2n) is 8.28. The van der Waals surface area contributed by atoms with Gasteiger partial charge in [0.2, 0.25) is 0 Å². The number of hydrogen-bond donors (Lipinski definition) is 1. The molecule has 0 atom stereocenters. The summed E-state index contributed by atoms with van der Waals surface area (Å²) in [6.07, 6.45) is 4.94. The molecule has 0 radical (unpaired) electrons. The maximum absolute atomic E-state index is 12.5. The Kier molecular flexibility index (Phi) is 10.00. The number of aryl methyl sites for hydroxylation is 1. The zero-order valence-electron chi connectivity index (χ0n) is 20.3. The first-order valence-corrected chi connectivity index (χ1v) is 11.9. The highest BCUT2D eigenvalue weighted by Crippen LogP contribution is 2.21. The van der Waals surface area contributed by atoms with Crippen LogP contribution in [-0.4, -0.2) is 37.1 Å². The number of ether oxygens (including phenoxy) is 2. The Bertz CT molecular complexity index is 1160. The first kappa shape index (κ1) is 26.4. The molecule has 36 heavy (non-hydrogen) atoms. The third kappa shape index (κ3) is 7.94. The molecule has 0 aliphatic carbocycles. The fourth-order valence-electron chi connectivity index (χ4n) is 3.73. The number of nitro groups is 1. The van der Waals surface area contributed by atoms with Crippen molar-refractivity contribution in [2.45, 2.75) is 32.1 Å². The minimum Gasteiger partial charge on any atom is -0.494 e. The quantitative estimate of drug-likeness (QED) is 0.154. The van der Waals surface area contributed by atoms with E-state index < -0.39 is 22.5 Å². The van der Waals surface area contributed by atoms with Crippen LogP contribution in [0.25, 0.3) is 0 Å². The molecule has 0 heterocycles. The van der Waals surface area contributed by atoms with E-state index in [0.29, 0.717) is 19.6 Å². The van der Waals surface area contributed by atoms with E-state index in [1.54, 1.807) is 0 Å². The number of rotatable bonds is 13. The van der Waals surface area contributed by atoms with Crippen molar-refractivity contribution in [3.05, 3.63) is 105 Å². The summed E-state index contributed by atoms with van der Waals surface area (Å²) < 4.78 is 10.4. The van der Waals surface area contributed by atoms with Crippen LogP contribution in [0.1, 0.15) is 51.1 Å². The predicted molar refractivity (Wildman–Crippen MR) is 136 cm³/mol. The standard InChI is InChI=1S/C28H30N2O6/c1-35-28(32)25-20-23(13-16-26(25)30(33)34)27(31)29-18-17-22-11-14-24(15-12-22)36-19-7-3-6-10-21-8-4-2-5-9-21/h2,4-5,8-9,11-16,20H,3,6-7,10,17-19H2,1H3,(H,29,31). The van der Waals surface area contributed by atoms with Crippen molar-refractivity contribution in [1.29, 1.82) is 0 Å². The van der Waals surface area contributed by atoms with Crippen molar-refractivity contribution in [3.63, 3.8) is 0 Å². The third-order valence-corrected chi connectivity index (χ3v) is 5.70. The molecule has 0 aromatic heterocycles. The highest BCUT2D eigenvalue weighted by molar-refractivity contribution is 6.00. The second-order valence-corrected chi connectivity index (χ2v) is 8.28. The number of nitro benzene ring substituents is 1. The Morgan fingerprint density at radius 1 is 0.889 bits per heavy atom. The summed E-state index contributed by atoms with van der Waals surface area (Å²) in [5.41, 5.74) is 1.87. The molecule has 0 saturated carbocycles. The first-order chi connectivity index (χ1) is 17.5. The average Bonchev–Trinajstić information content (AvgIpc) is 2.91. The minimum absolute atomic E-state index is 0.147. The lowest BCUT2D eigenvalue weighted by molar-refractivity contribution is -0.385.